The van der Waals surface area contributed by atoms with Crippen molar-refractivity contribution in [1.29, 1.82) is 0 Å². The summed E-state index contributed by atoms with van der Waals surface area (Å²) in [7, 11) is 0. The molecule has 0 saturated heterocycles. The average Bonchev–Trinajstić information content (AvgIpc) is 2.83. The van der Waals surface area contributed by atoms with Gasteiger partial charge in [0.2, 0.25) is 0 Å². The molecule has 0 aliphatic carbocycles. The Morgan fingerprint density at radius 2 is 2.00 bits per heavy atom. The van der Waals surface area contributed by atoms with Gasteiger partial charge >= 0.3 is 5.97 Å². The van der Waals surface area contributed by atoms with Crippen LogP contribution < -0.4 is 0 Å². The first-order valence-corrected chi connectivity index (χ1v) is 5.60. The van der Waals surface area contributed by atoms with Gasteiger partial charge in [-0.1, -0.05) is 0 Å². The van der Waals surface area contributed by atoms with Gasteiger partial charge in [-0.15, -0.1) is 0 Å². The third-order valence-corrected chi connectivity index (χ3v) is 2.78. The predicted molar refractivity (Wildman–Crippen MR) is 65.3 cm³/mol. The summed E-state index contributed by atoms with van der Waals surface area (Å²) < 4.78 is 28.0. The molecule has 1 N–H and O–H groups in total. The predicted octanol–water partition coefficient (Wildman–Crippen LogP) is 2.37. The summed E-state index contributed by atoms with van der Waals surface area (Å²) in [4.78, 5) is 14.9. The van der Waals surface area contributed by atoms with E-state index in [1.165, 1.54) is 28.9 Å². The number of hydrogen-bond donors (Lipinski definition) is 1. The second kappa shape index (κ2) is 4.37. The topological polar surface area (TPSA) is 67.5 Å². The number of aromatic carboxylic acids is 1. The van der Waals surface area contributed by atoms with Crippen molar-refractivity contribution in [2.75, 3.05) is 0 Å². The van der Waals surface area contributed by atoms with Gasteiger partial charge in [0.05, 0.1) is 5.69 Å². The lowest BCUT2D eigenvalue weighted by Crippen LogP contribution is -2.00. The third kappa shape index (κ3) is 1.89. The van der Waals surface area contributed by atoms with Crippen LogP contribution in [0.5, 0.6) is 0 Å². The van der Waals surface area contributed by atoms with Crippen LogP contribution in [0.15, 0.2) is 36.5 Å². The summed E-state index contributed by atoms with van der Waals surface area (Å²) in [6.07, 6.45) is 1.40. The molecule has 0 fully saturated rings. The Morgan fingerprint density at radius 3 is 2.70 bits per heavy atom. The highest BCUT2D eigenvalue weighted by Crippen LogP contribution is 2.23. The van der Waals surface area contributed by atoms with Crippen LogP contribution in [0, 0.1) is 11.6 Å². The fourth-order valence-electron chi connectivity index (χ4n) is 1.90. The Morgan fingerprint density at radius 1 is 1.20 bits per heavy atom. The molecular weight excluding hydrogens is 268 g/mol. The molecule has 2 heterocycles. The molecule has 3 aromatic rings. The molecule has 7 heteroatoms. The van der Waals surface area contributed by atoms with E-state index < -0.39 is 17.6 Å². The van der Waals surface area contributed by atoms with Crippen molar-refractivity contribution in [3.05, 3.63) is 53.9 Å². The SMILES string of the molecule is O=C(O)c1cc2nccc(-c3ccc(F)cc3F)n2n1. The van der Waals surface area contributed by atoms with E-state index in [0.29, 0.717) is 5.69 Å². The summed E-state index contributed by atoms with van der Waals surface area (Å²) in [5.74, 6) is -2.66. The van der Waals surface area contributed by atoms with E-state index in [-0.39, 0.29) is 16.9 Å². The summed E-state index contributed by atoms with van der Waals surface area (Å²) in [5.41, 5.74) is 0.468. The maximum atomic E-state index is 13.8. The molecule has 0 atom stereocenters. The van der Waals surface area contributed by atoms with Gasteiger partial charge in [-0.3, -0.25) is 0 Å². The summed E-state index contributed by atoms with van der Waals surface area (Å²) >= 11 is 0. The van der Waals surface area contributed by atoms with Crippen LogP contribution in [0.4, 0.5) is 8.78 Å². The number of carboxylic acid groups (broad SMARTS) is 1. The summed E-state index contributed by atoms with van der Waals surface area (Å²) in [5, 5.41) is 12.8. The zero-order chi connectivity index (χ0) is 14.3. The Balaban J connectivity index is 2.28. The maximum Gasteiger partial charge on any atom is 0.356 e. The molecule has 0 spiro atoms. The highest BCUT2D eigenvalue weighted by atomic mass is 19.1. The first kappa shape index (κ1) is 12.2. The number of aromatic nitrogens is 3. The molecule has 0 bridgehead atoms. The number of nitrogens with zero attached hydrogens (tertiary/aromatic N) is 3. The first-order chi connectivity index (χ1) is 9.56. The van der Waals surface area contributed by atoms with E-state index in [1.54, 1.807) is 0 Å². The molecule has 0 saturated carbocycles. The standard InChI is InChI=1S/C13H7F2N3O2/c14-7-1-2-8(9(15)5-7)11-3-4-16-12-6-10(13(19)20)17-18(11)12/h1-6H,(H,19,20). The van der Waals surface area contributed by atoms with E-state index in [1.807, 2.05) is 0 Å². The Kier molecular flexibility index (Phi) is 2.67. The molecule has 0 radical (unpaired) electrons. The number of halogens is 2. The molecular formula is C13H7F2N3O2. The van der Waals surface area contributed by atoms with Gasteiger partial charge in [0, 0.05) is 23.9 Å². The average molecular weight is 275 g/mol. The van der Waals surface area contributed by atoms with Crippen molar-refractivity contribution in [2.24, 2.45) is 0 Å². The molecule has 100 valence electrons. The van der Waals surface area contributed by atoms with Crippen molar-refractivity contribution in [1.82, 2.24) is 14.6 Å². The van der Waals surface area contributed by atoms with Crippen LogP contribution in [-0.4, -0.2) is 25.7 Å². The number of benzene rings is 1. The minimum Gasteiger partial charge on any atom is -0.476 e. The van der Waals surface area contributed by atoms with E-state index in [0.717, 1.165) is 12.1 Å². The Labute approximate surface area is 111 Å². The lowest BCUT2D eigenvalue weighted by Gasteiger charge is -2.05. The van der Waals surface area contributed by atoms with Gasteiger partial charge in [0.15, 0.2) is 11.3 Å². The molecule has 20 heavy (non-hydrogen) atoms. The fraction of sp³-hybridized carbons (Fsp3) is 0. The van der Waals surface area contributed by atoms with Crippen molar-refractivity contribution in [3.8, 4) is 11.3 Å². The Hall–Kier alpha value is -2.83. The van der Waals surface area contributed by atoms with E-state index >= 15 is 0 Å². The van der Waals surface area contributed by atoms with Crippen molar-refractivity contribution in [3.63, 3.8) is 0 Å². The van der Waals surface area contributed by atoms with Gasteiger partial charge in [-0.2, -0.15) is 5.10 Å². The number of carbonyl (C=O) groups is 1. The molecule has 5 nitrogen and oxygen atoms in total. The van der Waals surface area contributed by atoms with Crippen LogP contribution in [0.25, 0.3) is 16.9 Å². The first-order valence-electron chi connectivity index (χ1n) is 5.60. The molecule has 0 unspecified atom stereocenters. The molecule has 0 aliphatic heterocycles. The Bertz CT molecular complexity index is 830. The van der Waals surface area contributed by atoms with Gasteiger partial charge in [0.1, 0.15) is 11.6 Å². The zero-order valence-corrected chi connectivity index (χ0v) is 9.92. The van der Waals surface area contributed by atoms with E-state index in [2.05, 4.69) is 10.1 Å². The van der Waals surface area contributed by atoms with Crippen LogP contribution in [0.2, 0.25) is 0 Å². The summed E-state index contributed by atoms with van der Waals surface area (Å²) in [6, 6.07) is 5.88. The van der Waals surface area contributed by atoms with E-state index in [9.17, 15) is 13.6 Å². The molecule has 2 aromatic heterocycles. The highest BCUT2D eigenvalue weighted by molar-refractivity contribution is 5.86. The minimum absolute atomic E-state index is 0.110. The number of rotatable bonds is 2. The summed E-state index contributed by atoms with van der Waals surface area (Å²) in [6.45, 7) is 0. The monoisotopic (exact) mass is 275 g/mol. The molecule has 3 rings (SSSR count). The van der Waals surface area contributed by atoms with Crippen LogP contribution >= 0.6 is 0 Å². The van der Waals surface area contributed by atoms with Crippen LogP contribution in [-0.2, 0) is 0 Å². The van der Waals surface area contributed by atoms with Crippen molar-refractivity contribution < 1.29 is 18.7 Å². The second-order valence-electron chi connectivity index (χ2n) is 4.06. The smallest absolute Gasteiger partial charge is 0.356 e. The number of carboxylic acids is 1. The largest absolute Gasteiger partial charge is 0.476 e. The normalized spacial score (nSPS) is 10.9. The molecule has 0 aliphatic rings. The number of fused-ring (bicyclic) bond motifs is 1. The van der Waals surface area contributed by atoms with Crippen LogP contribution in [0.1, 0.15) is 10.5 Å². The van der Waals surface area contributed by atoms with Gasteiger partial charge in [-0.05, 0) is 18.2 Å². The van der Waals surface area contributed by atoms with Crippen LogP contribution in [0.3, 0.4) is 0 Å². The van der Waals surface area contributed by atoms with Crippen molar-refractivity contribution >= 4 is 11.6 Å². The maximum absolute atomic E-state index is 13.8. The molecule has 1 aromatic carbocycles. The van der Waals surface area contributed by atoms with Crippen molar-refractivity contribution in [2.45, 2.75) is 0 Å². The molecule has 0 amide bonds. The minimum atomic E-state index is -1.21. The van der Waals surface area contributed by atoms with E-state index in [4.69, 9.17) is 5.11 Å². The van der Waals surface area contributed by atoms with Gasteiger partial charge < -0.3 is 5.11 Å². The third-order valence-electron chi connectivity index (χ3n) is 2.78. The van der Waals surface area contributed by atoms with Gasteiger partial charge in [-0.25, -0.2) is 23.1 Å². The fourth-order valence-corrected chi connectivity index (χ4v) is 1.90. The quantitative estimate of drug-likeness (QED) is 0.779. The lowest BCUT2D eigenvalue weighted by molar-refractivity contribution is 0.0690. The number of hydrogen-bond acceptors (Lipinski definition) is 3. The zero-order valence-electron chi connectivity index (χ0n) is 9.92. The second-order valence-corrected chi connectivity index (χ2v) is 4.06. The van der Waals surface area contributed by atoms with Gasteiger partial charge in [0.25, 0.3) is 0 Å². The lowest BCUT2D eigenvalue weighted by atomic mass is 10.1. The highest BCUT2D eigenvalue weighted by Gasteiger charge is 2.15.